The number of hydrogen-bond donors (Lipinski definition) is 2. The fourth-order valence-electron chi connectivity index (χ4n) is 4.03. The lowest BCUT2D eigenvalue weighted by Gasteiger charge is -2.35. The molecule has 0 spiro atoms. The lowest BCUT2D eigenvalue weighted by atomic mass is 10.1. The normalized spacial score (nSPS) is 23.4. The number of benzene rings is 1. The summed E-state index contributed by atoms with van der Waals surface area (Å²) in [6.07, 6.45) is 5.60. The summed E-state index contributed by atoms with van der Waals surface area (Å²) in [4.78, 5) is 15.5. The third-order valence-electron chi connectivity index (χ3n) is 5.32. The SMILES string of the molecule is Fc1cc2c(cc1Nc1nc(N3C4CCC3CNC4)ncc1Cl)C=NC2. The molecule has 2 N–H and O–H groups in total. The summed E-state index contributed by atoms with van der Waals surface area (Å²) >= 11 is 6.28. The van der Waals surface area contributed by atoms with Crippen LogP contribution in [0.2, 0.25) is 5.02 Å². The predicted octanol–water partition coefficient (Wildman–Crippen LogP) is 2.89. The Hall–Kier alpha value is -2.25. The van der Waals surface area contributed by atoms with E-state index in [4.69, 9.17) is 11.6 Å². The van der Waals surface area contributed by atoms with Crippen molar-refractivity contribution in [3.05, 3.63) is 40.3 Å². The number of aliphatic imine (C=N–C) groups is 1. The molecule has 1 aromatic carbocycles. The number of aromatic nitrogens is 2. The maximum atomic E-state index is 14.4. The van der Waals surface area contributed by atoms with Crippen LogP contribution in [0.25, 0.3) is 0 Å². The quantitative estimate of drug-likeness (QED) is 0.867. The van der Waals surface area contributed by atoms with E-state index >= 15 is 0 Å². The van der Waals surface area contributed by atoms with Crippen molar-refractivity contribution in [1.29, 1.82) is 0 Å². The van der Waals surface area contributed by atoms with E-state index in [1.807, 2.05) is 0 Å². The van der Waals surface area contributed by atoms with Gasteiger partial charge in [0.2, 0.25) is 5.95 Å². The fourth-order valence-corrected chi connectivity index (χ4v) is 4.17. The molecule has 4 heterocycles. The van der Waals surface area contributed by atoms with Gasteiger partial charge in [0.25, 0.3) is 0 Å². The highest BCUT2D eigenvalue weighted by molar-refractivity contribution is 6.32. The van der Waals surface area contributed by atoms with E-state index in [-0.39, 0.29) is 5.82 Å². The lowest BCUT2D eigenvalue weighted by molar-refractivity contribution is 0.477. The van der Waals surface area contributed by atoms with Crippen molar-refractivity contribution in [2.45, 2.75) is 31.5 Å². The molecule has 3 aliphatic heterocycles. The van der Waals surface area contributed by atoms with Gasteiger partial charge in [-0.15, -0.1) is 0 Å². The van der Waals surface area contributed by atoms with Gasteiger partial charge >= 0.3 is 0 Å². The lowest BCUT2D eigenvalue weighted by Crippen LogP contribution is -2.52. The summed E-state index contributed by atoms with van der Waals surface area (Å²) in [5, 5.41) is 6.85. The first-order chi connectivity index (χ1) is 12.7. The molecule has 0 amide bonds. The highest BCUT2D eigenvalue weighted by Gasteiger charge is 2.38. The molecule has 0 aliphatic carbocycles. The Labute approximate surface area is 155 Å². The van der Waals surface area contributed by atoms with Crippen molar-refractivity contribution in [2.75, 3.05) is 23.3 Å². The van der Waals surface area contributed by atoms with Gasteiger partial charge in [0.05, 0.1) is 18.4 Å². The molecule has 26 heavy (non-hydrogen) atoms. The molecule has 0 radical (unpaired) electrons. The van der Waals surface area contributed by atoms with Crippen LogP contribution in [0.4, 0.5) is 21.8 Å². The molecule has 0 saturated carbocycles. The maximum absolute atomic E-state index is 14.4. The first-order valence-corrected chi connectivity index (χ1v) is 9.18. The van der Waals surface area contributed by atoms with Crippen LogP contribution in [-0.4, -0.2) is 41.4 Å². The average molecular weight is 373 g/mol. The third-order valence-corrected chi connectivity index (χ3v) is 5.59. The Morgan fingerprint density at radius 3 is 2.85 bits per heavy atom. The summed E-state index contributed by atoms with van der Waals surface area (Å²) in [6.45, 7) is 2.39. The summed E-state index contributed by atoms with van der Waals surface area (Å²) in [6, 6.07) is 4.05. The Morgan fingerprint density at radius 1 is 1.23 bits per heavy atom. The van der Waals surface area contributed by atoms with E-state index in [0.29, 0.717) is 41.1 Å². The Kier molecular flexibility index (Phi) is 3.79. The number of piperazine rings is 1. The van der Waals surface area contributed by atoms with Crippen molar-refractivity contribution in [1.82, 2.24) is 15.3 Å². The summed E-state index contributed by atoms with van der Waals surface area (Å²) in [5.74, 6) is 0.727. The molecule has 2 unspecified atom stereocenters. The zero-order valence-corrected chi connectivity index (χ0v) is 14.8. The number of halogens is 2. The van der Waals surface area contributed by atoms with Gasteiger partial charge in [0.15, 0.2) is 5.82 Å². The van der Waals surface area contributed by atoms with Crippen molar-refractivity contribution >= 4 is 35.3 Å². The van der Waals surface area contributed by atoms with Gasteiger partial charge in [-0.05, 0) is 36.1 Å². The molecule has 134 valence electrons. The highest BCUT2D eigenvalue weighted by Crippen LogP contribution is 2.33. The first kappa shape index (κ1) is 16.0. The van der Waals surface area contributed by atoms with E-state index in [9.17, 15) is 4.39 Å². The predicted molar refractivity (Wildman–Crippen MR) is 100 cm³/mol. The summed E-state index contributed by atoms with van der Waals surface area (Å²) < 4.78 is 14.4. The van der Waals surface area contributed by atoms with E-state index < -0.39 is 0 Å². The number of nitrogens with zero attached hydrogens (tertiary/aromatic N) is 4. The van der Waals surface area contributed by atoms with Crippen LogP contribution in [0.3, 0.4) is 0 Å². The third kappa shape index (κ3) is 2.62. The van der Waals surface area contributed by atoms with Crippen LogP contribution in [0.5, 0.6) is 0 Å². The van der Waals surface area contributed by atoms with E-state index in [1.54, 1.807) is 18.5 Å². The summed E-state index contributed by atoms with van der Waals surface area (Å²) in [5.41, 5.74) is 2.14. The van der Waals surface area contributed by atoms with Crippen LogP contribution < -0.4 is 15.5 Å². The van der Waals surface area contributed by atoms with Crippen molar-refractivity contribution in [2.24, 2.45) is 4.99 Å². The fraction of sp³-hybridized carbons (Fsp3) is 0.389. The smallest absolute Gasteiger partial charge is 0.227 e. The molecule has 2 fully saturated rings. The van der Waals surface area contributed by atoms with Crippen molar-refractivity contribution in [3.63, 3.8) is 0 Å². The van der Waals surface area contributed by atoms with Crippen molar-refractivity contribution < 1.29 is 4.39 Å². The topological polar surface area (TPSA) is 65.4 Å². The Morgan fingerprint density at radius 2 is 2.04 bits per heavy atom. The molecule has 2 bridgehead atoms. The van der Waals surface area contributed by atoms with E-state index in [2.05, 4.69) is 30.5 Å². The minimum absolute atomic E-state index is 0.340. The van der Waals surface area contributed by atoms with Crippen LogP contribution in [-0.2, 0) is 6.54 Å². The van der Waals surface area contributed by atoms with Gasteiger partial charge in [0.1, 0.15) is 10.8 Å². The zero-order valence-electron chi connectivity index (χ0n) is 14.0. The van der Waals surface area contributed by atoms with Gasteiger partial charge < -0.3 is 15.5 Å². The number of hydrogen-bond acceptors (Lipinski definition) is 6. The zero-order chi connectivity index (χ0) is 17.7. The Bertz CT molecular complexity index is 885. The second-order valence-corrected chi connectivity index (χ2v) is 7.35. The van der Waals surface area contributed by atoms with Gasteiger partial charge in [-0.3, -0.25) is 4.99 Å². The highest BCUT2D eigenvalue weighted by atomic mass is 35.5. The molecular weight excluding hydrogens is 355 g/mol. The molecule has 5 rings (SSSR count). The largest absolute Gasteiger partial charge is 0.336 e. The van der Waals surface area contributed by atoms with Gasteiger partial charge in [-0.2, -0.15) is 4.98 Å². The molecule has 8 heteroatoms. The minimum atomic E-state index is -0.340. The number of anilines is 3. The summed E-state index contributed by atoms with van der Waals surface area (Å²) in [7, 11) is 0. The second-order valence-electron chi connectivity index (χ2n) is 6.94. The molecule has 2 atom stereocenters. The first-order valence-electron chi connectivity index (χ1n) is 8.80. The second kappa shape index (κ2) is 6.17. The number of fused-ring (bicyclic) bond motifs is 3. The molecule has 2 aromatic rings. The van der Waals surface area contributed by atoms with Crippen molar-refractivity contribution in [3.8, 4) is 0 Å². The van der Waals surface area contributed by atoms with Gasteiger partial charge in [0, 0.05) is 31.4 Å². The molecule has 3 aliphatic rings. The Balaban J connectivity index is 1.47. The molecular formula is C18H18ClFN6. The maximum Gasteiger partial charge on any atom is 0.227 e. The standard InChI is InChI=1S/C18H18ClFN6/c19-14-9-23-18(26-12-1-2-13(26)8-22-7-12)25-17(14)24-16-4-11-6-21-5-10(11)3-15(16)20/h3-4,6,9,12-13,22H,1-2,5,7-8H2,(H,23,24,25). The van der Waals surface area contributed by atoms with Crippen LogP contribution in [0.1, 0.15) is 24.0 Å². The minimum Gasteiger partial charge on any atom is -0.336 e. The van der Waals surface area contributed by atoms with Gasteiger partial charge in [-0.25, -0.2) is 9.37 Å². The van der Waals surface area contributed by atoms with E-state index in [0.717, 1.165) is 37.1 Å². The van der Waals surface area contributed by atoms with Gasteiger partial charge in [-0.1, -0.05) is 11.6 Å². The molecule has 2 saturated heterocycles. The van der Waals surface area contributed by atoms with Crippen LogP contribution >= 0.6 is 11.6 Å². The van der Waals surface area contributed by atoms with Crippen LogP contribution in [0, 0.1) is 5.82 Å². The molecule has 6 nitrogen and oxygen atoms in total. The average Bonchev–Trinajstić information content (AvgIpc) is 3.18. The van der Waals surface area contributed by atoms with Crippen LogP contribution in [0.15, 0.2) is 23.3 Å². The monoisotopic (exact) mass is 372 g/mol. The number of rotatable bonds is 3. The molecule has 1 aromatic heterocycles. The van der Waals surface area contributed by atoms with E-state index in [1.165, 1.54) is 6.07 Å². The number of nitrogens with one attached hydrogen (secondary N) is 2.